The van der Waals surface area contributed by atoms with Crippen molar-refractivity contribution in [1.82, 2.24) is 15.5 Å². The van der Waals surface area contributed by atoms with Crippen molar-refractivity contribution >= 4 is 9.84 Å². The molecule has 1 saturated heterocycles. The molecule has 0 amide bonds. The first-order valence-electron chi connectivity index (χ1n) is 5.25. The SMILES string of the molecule is CS(=O)(=O)Cc1nc(C2CCNCC2)no1. The van der Waals surface area contributed by atoms with E-state index in [4.69, 9.17) is 4.52 Å². The first-order chi connectivity index (χ1) is 7.54. The Bertz CT molecular complexity index is 448. The first kappa shape index (κ1) is 11.5. The van der Waals surface area contributed by atoms with Crippen molar-refractivity contribution in [2.24, 2.45) is 0 Å². The molecule has 1 fully saturated rings. The van der Waals surface area contributed by atoms with Crippen LogP contribution in [0.25, 0.3) is 0 Å². The molecule has 16 heavy (non-hydrogen) atoms. The predicted octanol–water partition coefficient (Wildman–Crippen LogP) is 0.0812. The van der Waals surface area contributed by atoms with E-state index in [1.165, 1.54) is 0 Å². The van der Waals surface area contributed by atoms with Crippen LogP contribution in [0.15, 0.2) is 4.52 Å². The number of aromatic nitrogens is 2. The fourth-order valence-corrected chi connectivity index (χ4v) is 2.36. The highest BCUT2D eigenvalue weighted by Gasteiger charge is 2.21. The summed E-state index contributed by atoms with van der Waals surface area (Å²) in [4.78, 5) is 4.13. The quantitative estimate of drug-likeness (QED) is 0.811. The van der Waals surface area contributed by atoms with E-state index >= 15 is 0 Å². The molecule has 1 aromatic heterocycles. The van der Waals surface area contributed by atoms with Crippen LogP contribution in [0.5, 0.6) is 0 Å². The van der Waals surface area contributed by atoms with Gasteiger partial charge in [0.15, 0.2) is 15.7 Å². The number of piperidine rings is 1. The molecule has 6 nitrogen and oxygen atoms in total. The molecule has 2 rings (SSSR count). The fraction of sp³-hybridized carbons (Fsp3) is 0.778. The molecule has 0 atom stereocenters. The van der Waals surface area contributed by atoms with Gasteiger partial charge in [-0.05, 0) is 25.9 Å². The highest BCUT2D eigenvalue weighted by molar-refractivity contribution is 7.89. The minimum Gasteiger partial charge on any atom is -0.338 e. The Balaban J connectivity index is 2.06. The Hall–Kier alpha value is -0.950. The van der Waals surface area contributed by atoms with Gasteiger partial charge in [0.2, 0.25) is 5.89 Å². The maximum atomic E-state index is 11.0. The number of nitrogens with one attached hydrogen (secondary N) is 1. The largest absolute Gasteiger partial charge is 0.338 e. The topological polar surface area (TPSA) is 85.1 Å². The van der Waals surface area contributed by atoms with Crippen molar-refractivity contribution in [3.05, 3.63) is 11.7 Å². The first-order valence-corrected chi connectivity index (χ1v) is 7.31. The number of sulfone groups is 1. The zero-order valence-corrected chi connectivity index (χ0v) is 9.96. The molecule has 7 heteroatoms. The molecule has 0 bridgehead atoms. The van der Waals surface area contributed by atoms with Gasteiger partial charge in [-0.3, -0.25) is 0 Å². The second-order valence-corrected chi connectivity index (χ2v) is 6.28. The van der Waals surface area contributed by atoms with Gasteiger partial charge in [0.25, 0.3) is 0 Å². The molecule has 0 saturated carbocycles. The normalized spacial score (nSPS) is 18.8. The summed E-state index contributed by atoms with van der Waals surface area (Å²) in [6.07, 6.45) is 3.09. The van der Waals surface area contributed by atoms with Crippen LogP contribution in [0.1, 0.15) is 30.5 Å². The second kappa shape index (κ2) is 4.50. The van der Waals surface area contributed by atoms with Gasteiger partial charge in [0.1, 0.15) is 5.75 Å². The summed E-state index contributed by atoms with van der Waals surface area (Å²) >= 11 is 0. The Morgan fingerprint density at radius 1 is 1.44 bits per heavy atom. The summed E-state index contributed by atoms with van der Waals surface area (Å²) in [5.74, 6) is 0.944. The fourth-order valence-electron chi connectivity index (χ4n) is 1.80. The van der Waals surface area contributed by atoms with Crippen molar-refractivity contribution in [3.63, 3.8) is 0 Å². The highest BCUT2D eigenvalue weighted by atomic mass is 32.2. The molecule has 0 aliphatic carbocycles. The molecule has 1 N–H and O–H groups in total. The minimum atomic E-state index is -3.10. The monoisotopic (exact) mass is 245 g/mol. The summed E-state index contributed by atoms with van der Waals surface area (Å²) in [6, 6.07) is 0. The lowest BCUT2D eigenvalue weighted by Gasteiger charge is -2.18. The summed E-state index contributed by atoms with van der Waals surface area (Å²) in [6.45, 7) is 1.89. The average molecular weight is 245 g/mol. The molecule has 1 aliphatic rings. The van der Waals surface area contributed by atoms with E-state index in [0.29, 0.717) is 11.7 Å². The number of nitrogens with zero attached hydrogens (tertiary/aromatic N) is 2. The van der Waals surface area contributed by atoms with Crippen LogP contribution in [-0.2, 0) is 15.6 Å². The van der Waals surface area contributed by atoms with Gasteiger partial charge in [-0.1, -0.05) is 5.16 Å². The Kier molecular flexibility index (Phi) is 3.25. The number of hydrogen-bond donors (Lipinski definition) is 1. The van der Waals surface area contributed by atoms with Crippen LogP contribution in [0, 0.1) is 0 Å². The third-order valence-electron chi connectivity index (χ3n) is 2.57. The molecular formula is C9H15N3O3S. The van der Waals surface area contributed by atoms with Crippen molar-refractivity contribution in [2.45, 2.75) is 24.5 Å². The maximum Gasteiger partial charge on any atom is 0.241 e. The summed E-state index contributed by atoms with van der Waals surface area (Å²) < 4.78 is 27.0. The van der Waals surface area contributed by atoms with Crippen molar-refractivity contribution in [1.29, 1.82) is 0 Å². The smallest absolute Gasteiger partial charge is 0.241 e. The van der Waals surface area contributed by atoms with Gasteiger partial charge in [-0.15, -0.1) is 0 Å². The molecule has 2 heterocycles. The van der Waals surface area contributed by atoms with Gasteiger partial charge >= 0.3 is 0 Å². The molecule has 0 radical (unpaired) electrons. The zero-order valence-electron chi connectivity index (χ0n) is 9.14. The van der Waals surface area contributed by atoms with Crippen LogP contribution in [-0.4, -0.2) is 37.9 Å². The Morgan fingerprint density at radius 3 is 2.75 bits per heavy atom. The lowest BCUT2D eigenvalue weighted by atomic mass is 9.98. The predicted molar refractivity (Wildman–Crippen MR) is 57.7 cm³/mol. The van der Waals surface area contributed by atoms with Gasteiger partial charge in [0, 0.05) is 12.2 Å². The highest BCUT2D eigenvalue weighted by Crippen LogP contribution is 2.22. The number of hydrogen-bond acceptors (Lipinski definition) is 6. The van der Waals surface area contributed by atoms with Gasteiger partial charge in [0.05, 0.1) is 0 Å². The van der Waals surface area contributed by atoms with Gasteiger partial charge in [-0.2, -0.15) is 4.98 Å². The minimum absolute atomic E-state index is 0.176. The van der Waals surface area contributed by atoms with E-state index in [1.54, 1.807) is 0 Å². The van der Waals surface area contributed by atoms with Crippen LogP contribution in [0.4, 0.5) is 0 Å². The third kappa shape index (κ3) is 3.02. The van der Waals surface area contributed by atoms with E-state index in [2.05, 4.69) is 15.5 Å². The average Bonchev–Trinajstić information content (AvgIpc) is 2.65. The summed E-state index contributed by atoms with van der Waals surface area (Å²) in [7, 11) is -3.10. The lowest BCUT2D eigenvalue weighted by molar-refractivity contribution is 0.368. The summed E-state index contributed by atoms with van der Waals surface area (Å²) in [5, 5.41) is 7.09. The molecule has 0 spiro atoms. The molecule has 90 valence electrons. The zero-order chi connectivity index (χ0) is 11.6. The van der Waals surface area contributed by atoms with Crippen molar-refractivity contribution in [2.75, 3.05) is 19.3 Å². The van der Waals surface area contributed by atoms with E-state index in [9.17, 15) is 8.42 Å². The molecule has 1 aliphatic heterocycles. The van der Waals surface area contributed by atoms with Crippen LogP contribution in [0.2, 0.25) is 0 Å². The Labute approximate surface area is 94.3 Å². The van der Waals surface area contributed by atoms with E-state index < -0.39 is 9.84 Å². The van der Waals surface area contributed by atoms with Crippen LogP contribution >= 0.6 is 0 Å². The summed E-state index contributed by atoms with van der Waals surface area (Å²) in [5.41, 5.74) is 0. The van der Waals surface area contributed by atoms with Gasteiger partial charge < -0.3 is 9.84 Å². The van der Waals surface area contributed by atoms with Crippen molar-refractivity contribution in [3.8, 4) is 0 Å². The van der Waals surface area contributed by atoms with E-state index in [0.717, 1.165) is 32.2 Å². The van der Waals surface area contributed by atoms with Gasteiger partial charge in [-0.25, -0.2) is 8.42 Å². The third-order valence-corrected chi connectivity index (χ3v) is 3.35. The maximum absolute atomic E-state index is 11.0. The van der Waals surface area contributed by atoms with Crippen molar-refractivity contribution < 1.29 is 12.9 Å². The number of rotatable bonds is 3. The van der Waals surface area contributed by atoms with E-state index in [1.807, 2.05) is 0 Å². The van der Waals surface area contributed by atoms with Crippen LogP contribution in [0.3, 0.4) is 0 Å². The molecular weight excluding hydrogens is 230 g/mol. The van der Waals surface area contributed by atoms with Crippen LogP contribution < -0.4 is 5.32 Å². The standard InChI is InChI=1S/C9H15N3O3S/c1-16(13,14)6-8-11-9(12-15-8)7-2-4-10-5-3-7/h7,10H,2-6H2,1H3. The second-order valence-electron chi connectivity index (χ2n) is 4.14. The lowest BCUT2D eigenvalue weighted by Crippen LogP contribution is -2.27. The molecule has 0 unspecified atom stereocenters. The Morgan fingerprint density at radius 2 is 2.12 bits per heavy atom. The molecule has 0 aromatic carbocycles. The molecule has 1 aromatic rings. The van der Waals surface area contributed by atoms with E-state index in [-0.39, 0.29) is 11.6 Å².